The number of aromatic nitrogens is 1. The first kappa shape index (κ1) is 19.8. The number of likely N-dealkylation sites (tertiary alicyclic amines) is 1. The Balaban J connectivity index is 1.13. The summed E-state index contributed by atoms with van der Waals surface area (Å²) in [5.41, 5.74) is 2.06. The first-order valence-electron chi connectivity index (χ1n) is 11.5. The molecule has 1 aliphatic carbocycles. The second-order valence-electron chi connectivity index (χ2n) is 8.88. The number of ether oxygens (including phenoxy) is 1. The van der Waals surface area contributed by atoms with Crippen LogP contribution in [0.2, 0.25) is 0 Å². The minimum atomic E-state index is -0.0917. The quantitative estimate of drug-likeness (QED) is 0.767. The van der Waals surface area contributed by atoms with Gasteiger partial charge in [0.15, 0.2) is 0 Å². The van der Waals surface area contributed by atoms with Gasteiger partial charge in [0, 0.05) is 74.1 Å². The molecule has 162 valence electrons. The molecule has 2 N–H and O–H groups in total. The van der Waals surface area contributed by atoms with Crippen LogP contribution in [0.3, 0.4) is 0 Å². The van der Waals surface area contributed by atoms with Gasteiger partial charge in [0.05, 0.1) is 13.2 Å². The number of nitrogens with one attached hydrogen (secondary N) is 2. The van der Waals surface area contributed by atoms with Crippen LogP contribution >= 0.6 is 0 Å². The minimum Gasteiger partial charge on any atom is -0.379 e. The van der Waals surface area contributed by atoms with E-state index in [9.17, 15) is 4.79 Å². The van der Waals surface area contributed by atoms with Crippen LogP contribution in [0.5, 0.6) is 0 Å². The van der Waals surface area contributed by atoms with Crippen LogP contribution in [0.4, 0.5) is 10.5 Å². The van der Waals surface area contributed by atoms with E-state index >= 15 is 0 Å². The summed E-state index contributed by atoms with van der Waals surface area (Å²) in [4.78, 5) is 17.5. The van der Waals surface area contributed by atoms with Crippen LogP contribution in [-0.2, 0) is 11.3 Å². The summed E-state index contributed by atoms with van der Waals surface area (Å²) in [6.07, 6.45) is 6.96. The summed E-state index contributed by atoms with van der Waals surface area (Å²) in [5, 5.41) is 7.34. The second-order valence-corrected chi connectivity index (χ2v) is 8.88. The summed E-state index contributed by atoms with van der Waals surface area (Å²) in [7, 11) is 0. The number of nitrogens with zero attached hydrogens (tertiary/aromatic N) is 3. The minimum absolute atomic E-state index is 0.0917. The van der Waals surface area contributed by atoms with Crippen molar-refractivity contribution in [1.82, 2.24) is 19.7 Å². The zero-order valence-electron chi connectivity index (χ0n) is 17.7. The second kappa shape index (κ2) is 8.96. The molecule has 0 bridgehead atoms. The number of hydrogen-bond acceptors (Lipinski definition) is 4. The molecule has 0 radical (unpaired) electrons. The van der Waals surface area contributed by atoms with E-state index in [-0.39, 0.29) is 12.1 Å². The van der Waals surface area contributed by atoms with Crippen LogP contribution in [-0.4, -0.2) is 78.4 Å². The fraction of sp³-hybridized carbons (Fsp3) is 0.609. The van der Waals surface area contributed by atoms with E-state index in [1.807, 2.05) is 6.07 Å². The molecular weight excluding hydrogens is 378 g/mol. The Kier molecular flexibility index (Phi) is 5.93. The molecule has 0 unspecified atom stereocenters. The number of urea groups is 1. The number of carbonyl (C=O) groups is 1. The largest absolute Gasteiger partial charge is 0.379 e. The van der Waals surface area contributed by atoms with E-state index < -0.39 is 0 Å². The Bertz CT molecular complexity index is 864. The Morgan fingerprint density at radius 1 is 1.00 bits per heavy atom. The summed E-state index contributed by atoms with van der Waals surface area (Å²) >= 11 is 0. The Hall–Kier alpha value is -2.09. The Labute approximate surface area is 178 Å². The van der Waals surface area contributed by atoms with Crippen molar-refractivity contribution < 1.29 is 9.53 Å². The topological polar surface area (TPSA) is 61.8 Å². The van der Waals surface area contributed by atoms with E-state index in [0.29, 0.717) is 0 Å². The Morgan fingerprint density at radius 2 is 1.80 bits per heavy atom. The van der Waals surface area contributed by atoms with Crippen LogP contribution in [0.25, 0.3) is 10.9 Å². The number of fused-ring (bicyclic) bond motifs is 1. The third-order valence-corrected chi connectivity index (χ3v) is 6.72. The van der Waals surface area contributed by atoms with Crippen molar-refractivity contribution in [2.75, 3.05) is 51.3 Å². The molecule has 1 saturated carbocycles. The highest BCUT2D eigenvalue weighted by Gasteiger charge is 2.32. The highest BCUT2D eigenvalue weighted by molar-refractivity contribution is 5.93. The van der Waals surface area contributed by atoms with Crippen molar-refractivity contribution in [3.05, 3.63) is 30.5 Å². The predicted octanol–water partition coefficient (Wildman–Crippen LogP) is 2.72. The van der Waals surface area contributed by atoms with Crippen LogP contribution in [0.15, 0.2) is 30.5 Å². The summed E-state index contributed by atoms with van der Waals surface area (Å²) in [6, 6.07) is 9.33. The number of hydrogen-bond donors (Lipinski definition) is 2. The summed E-state index contributed by atoms with van der Waals surface area (Å²) < 4.78 is 7.72. The molecule has 0 atom stereocenters. The predicted molar refractivity (Wildman–Crippen MR) is 119 cm³/mol. The van der Waals surface area contributed by atoms with Gasteiger partial charge in [-0.2, -0.15) is 0 Å². The molecule has 7 heteroatoms. The molecule has 3 aliphatic rings. The highest BCUT2D eigenvalue weighted by atomic mass is 16.5. The Morgan fingerprint density at radius 3 is 2.57 bits per heavy atom. The average molecular weight is 412 g/mol. The van der Waals surface area contributed by atoms with Crippen molar-refractivity contribution in [3.63, 3.8) is 0 Å². The third kappa shape index (κ3) is 4.79. The van der Waals surface area contributed by atoms with Crippen molar-refractivity contribution in [1.29, 1.82) is 0 Å². The number of amides is 2. The van der Waals surface area contributed by atoms with Crippen LogP contribution in [0.1, 0.15) is 25.7 Å². The number of benzene rings is 1. The fourth-order valence-electron chi connectivity index (χ4n) is 4.75. The van der Waals surface area contributed by atoms with Crippen LogP contribution in [0, 0.1) is 0 Å². The molecule has 2 saturated heterocycles. The van der Waals surface area contributed by atoms with Gasteiger partial charge >= 0.3 is 6.03 Å². The third-order valence-electron chi connectivity index (χ3n) is 6.72. The molecule has 5 rings (SSSR count). The normalized spacial score (nSPS) is 21.7. The summed E-state index contributed by atoms with van der Waals surface area (Å²) in [6.45, 7) is 7.93. The van der Waals surface area contributed by atoms with Gasteiger partial charge in [0.2, 0.25) is 0 Å². The monoisotopic (exact) mass is 411 g/mol. The maximum absolute atomic E-state index is 12.5. The van der Waals surface area contributed by atoms with Crippen molar-refractivity contribution >= 4 is 22.6 Å². The standard InChI is InChI=1S/C23H33N5O2/c29-23(24-19-6-9-27(10-7-19)21-2-3-21)25-20-1-4-22-18(17-20)5-8-28(22)12-11-26-13-15-30-16-14-26/h1,4-5,8,17,19,21H,2-3,6-7,9-16H2,(H2,24,25,29). The zero-order chi connectivity index (χ0) is 20.3. The lowest BCUT2D eigenvalue weighted by Crippen LogP contribution is -2.46. The fourth-order valence-corrected chi connectivity index (χ4v) is 4.75. The lowest BCUT2D eigenvalue weighted by Gasteiger charge is -2.32. The van der Waals surface area contributed by atoms with Crippen molar-refractivity contribution in [3.8, 4) is 0 Å². The lowest BCUT2D eigenvalue weighted by molar-refractivity contribution is 0.0365. The number of piperidine rings is 1. The molecule has 2 aliphatic heterocycles. The van der Waals surface area contributed by atoms with Crippen molar-refractivity contribution in [2.45, 2.75) is 44.3 Å². The smallest absolute Gasteiger partial charge is 0.319 e. The molecular formula is C23H33N5O2. The maximum Gasteiger partial charge on any atom is 0.319 e. The molecule has 3 fully saturated rings. The number of anilines is 1. The van der Waals surface area contributed by atoms with Gasteiger partial charge in [-0.1, -0.05) is 0 Å². The van der Waals surface area contributed by atoms with E-state index in [2.05, 4.69) is 49.4 Å². The number of morpholine rings is 1. The molecule has 3 heterocycles. The van der Waals surface area contributed by atoms with E-state index in [1.54, 1.807) is 0 Å². The van der Waals surface area contributed by atoms with Gasteiger partial charge in [-0.15, -0.1) is 0 Å². The molecule has 2 amide bonds. The summed E-state index contributed by atoms with van der Waals surface area (Å²) in [5.74, 6) is 0. The SMILES string of the molecule is O=C(Nc1ccc2c(ccn2CCN2CCOCC2)c1)NC1CCN(C2CC2)CC1. The molecule has 2 aromatic rings. The lowest BCUT2D eigenvalue weighted by atomic mass is 10.1. The van der Waals surface area contributed by atoms with Gasteiger partial charge in [-0.25, -0.2) is 4.79 Å². The molecule has 7 nitrogen and oxygen atoms in total. The van der Waals surface area contributed by atoms with Gasteiger partial charge in [0.1, 0.15) is 0 Å². The zero-order valence-corrected chi connectivity index (χ0v) is 17.7. The van der Waals surface area contributed by atoms with Crippen molar-refractivity contribution in [2.24, 2.45) is 0 Å². The average Bonchev–Trinajstić information content (AvgIpc) is 3.54. The molecule has 1 aromatic carbocycles. The van der Waals surface area contributed by atoms with E-state index in [0.717, 1.165) is 82.4 Å². The van der Waals surface area contributed by atoms with E-state index in [1.165, 1.54) is 18.4 Å². The van der Waals surface area contributed by atoms with E-state index in [4.69, 9.17) is 4.74 Å². The molecule has 0 spiro atoms. The highest BCUT2D eigenvalue weighted by Crippen LogP contribution is 2.29. The molecule has 30 heavy (non-hydrogen) atoms. The van der Waals surface area contributed by atoms with Gasteiger partial charge in [-0.3, -0.25) is 4.90 Å². The van der Waals surface area contributed by atoms with Gasteiger partial charge in [0.25, 0.3) is 0 Å². The maximum atomic E-state index is 12.5. The number of rotatable bonds is 6. The molecule has 1 aromatic heterocycles. The van der Waals surface area contributed by atoms with Crippen LogP contribution < -0.4 is 10.6 Å². The number of carbonyl (C=O) groups excluding carboxylic acids is 1. The van der Waals surface area contributed by atoms with Gasteiger partial charge < -0.3 is 24.8 Å². The van der Waals surface area contributed by atoms with Gasteiger partial charge in [-0.05, 0) is 49.9 Å². The first-order valence-corrected chi connectivity index (χ1v) is 11.5. The first-order chi connectivity index (χ1) is 14.7.